The van der Waals surface area contributed by atoms with Gasteiger partial charge in [-0.1, -0.05) is 32.1 Å². The zero-order valence-corrected chi connectivity index (χ0v) is 7.92. The maximum Gasteiger partial charge on any atom is 0.188 e. The molecule has 0 bridgehead atoms. The van der Waals surface area contributed by atoms with E-state index in [0.29, 0.717) is 6.61 Å². The van der Waals surface area contributed by atoms with Crippen molar-refractivity contribution in [3.63, 3.8) is 0 Å². The van der Waals surface area contributed by atoms with Crippen molar-refractivity contribution < 1.29 is 9.84 Å². The van der Waals surface area contributed by atoms with Gasteiger partial charge in [0.05, 0.1) is 6.61 Å². The minimum absolute atomic E-state index is 0.662. The standard InChI is InChI=1S/C10H19O2/c1-9(11)12-8-7-10-5-3-2-4-6-10/h9-10H,2-8H2,1H3. The lowest BCUT2D eigenvalue weighted by Gasteiger charge is -2.21. The van der Waals surface area contributed by atoms with Crippen molar-refractivity contribution >= 4 is 0 Å². The summed E-state index contributed by atoms with van der Waals surface area (Å²) < 4.78 is 4.99. The van der Waals surface area contributed by atoms with Crippen LogP contribution in [0.5, 0.6) is 0 Å². The molecule has 0 aromatic rings. The van der Waals surface area contributed by atoms with E-state index in [-0.39, 0.29) is 0 Å². The van der Waals surface area contributed by atoms with Crippen LogP contribution in [-0.2, 0) is 9.84 Å². The molecule has 0 heterocycles. The lowest BCUT2D eigenvalue weighted by atomic mass is 9.87. The number of hydrogen-bond acceptors (Lipinski definition) is 1. The second-order valence-electron chi connectivity index (χ2n) is 3.73. The van der Waals surface area contributed by atoms with Gasteiger partial charge in [-0.05, 0) is 19.3 Å². The molecule has 0 saturated heterocycles. The van der Waals surface area contributed by atoms with E-state index in [1.807, 2.05) is 0 Å². The molecule has 0 amide bonds. The van der Waals surface area contributed by atoms with E-state index in [1.54, 1.807) is 6.92 Å². The normalized spacial score (nSPS) is 22.5. The van der Waals surface area contributed by atoms with E-state index in [4.69, 9.17) is 4.74 Å². The Bertz CT molecular complexity index is 106. The highest BCUT2D eigenvalue weighted by Gasteiger charge is 2.13. The van der Waals surface area contributed by atoms with Gasteiger partial charge in [-0.2, -0.15) is 0 Å². The van der Waals surface area contributed by atoms with Crippen LogP contribution in [-0.4, -0.2) is 12.9 Å². The predicted octanol–water partition coefficient (Wildman–Crippen LogP) is 2.75. The Morgan fingerprint density at radius 2 is 2.00 bits per heavy atom. The Morgan fingerprint density at radius 1 is 1.33 bits per heavy atom. The Balaban J connectivity index is 1.98. The molecule has 0 spiro atoms. The van der Waals surface area contributed by atoms with Crippen molar-refractivity contribution in [2.45, 2.75) is 51.7 Å². The van der Waals surface area contributed by atoms with Crippen molar-refractivity contribution in [2.75, 3.05) is 6.61 Å². The predicted molar refractivity (Wildman–Crippen MR) is 47.3 cm³/mol. The maximum atomic E-state index is 10.5. The van der Waals surface area contributed by atoms with Crippen LogP contribution in [0.3, 0.4) is 0 Å². The molecule has 1 unspecified atom stereocenters. The Kier molecular flexibility index (Phi) is 4.62. The van der Waals surface area contributed by atoms with Crippen LogP contribution in [0, 0.1) is 5.92 Å². The van der Waals surface area contributed by atoms with Crippen molar-refractivity contribution in [3.8, 4) is 0 Å². The minimum Gasteiger partial charge on any atom is -0.350 e. The van der Waals surface area contributed by atoms with Gasteiger partial charge < -0.3 is 4.74 Å². The van der Waals surface area contributed by atoms with Crippen LogP contribution in [0.4, 0.5) is 0 Å². The monoisotopic (exact) mass is 171 g/mol. The molecule has 0 N–H and O–H groups in total. The first-order valence-electron chi connectivity index (χ1n) is 5.06. The van der Waals surface area contributed by atoms with E-state index < -0.39 is 6.29 Å². The Hall–Kier alpha value is -0.0800. The zero-order valence-electron chi connectivity index (χ0n) is 7.92. The molecule has 1 saturated carbocycles. The van der Waals surface area contributed by atoms with Crippen LogP contribution in [0.1, 0.15) is 45.4 Å². The first-order chi connectivity index (χ1) is 5.79. The van der Waals surface area contributed by atoms with Crippen molar-refractivity contribution in [3.05, 3.63) is 0 Å². The van der Waals surface area contributed by atoms with Gasteiger partial charge in [-0.25, -0.2) is 5.11 Å². The summed E-state index contributed by atoms with van der Waals surface area (Å²) in [5.41, 5.74) is 0. The third-order valence-corrected chi connectivity index (χ3v) is 2.60. The first-order valence-corrected chi connectivity index (χ1v) is 5.06. The highest BCUT2D eigenvalue weighted by Crippen LogP contribution is 2.26. The van der Waals surface area contributed by atoms with Crippen molar-refractivity contribution in [1.82, 2.24) is 0 Å². The fourth-order valence-corrected chi connectivity index (χ4v) is 1.88. The fraction of sp³-hybridized carbons (Fsp3) is 1.00. The SMILES string of the molecule is CC([O])OCCC1CCCCC1. The number of rotatable bonds is 4. The molecule has 1 fully saturated rings. The molecular weight excluding hydrogens is 152 g/mol. The summed E-state index contributed by atoms with van der Waals surface area (Å²) in [6.07, 6.45) is 7.08. The van der Waals surface area contributed by atoms with E-state index in [9.17, 15) is 5.11 Å². The lowest BCUT2D eigenvalue weighted by Crippen LogP contribution is -2.12. The molecule has 0 aromatic heterocycles. The molecule has 1 aliphatic rings. The second-order valence-corrected chi connectivity index (χ2v) is 3.73. The minimum atomic E-state index is -0.839. The van der Waals surface area contributed by atoms with E-state index >= 15 is 0 Å². The quantitative estimate of drug-likeness (QED) is 0.598. The van der Waals surface area contributed by atoms with Crippen LogP contribution >= 0.6 is 0 Å². The third-order valence-electron chi connectivity index (χ3n) is 2.60. The fourth-order valence-electron chi connectivity index (χ4n) is 1.88. The van der Waals surface area contributed by atoms with E-state index in [1.165, 1.54) is 32.1 Å². The van der Waals surface area contributed by atoms with Gasteiger partial charge in [0.15, 0.2) is 6.29 Å². The highest BCUT2D eigenvalue weighted by molar-refractivity contribution is 4.65. The molecule has 71 valence electrons. The Morgan fingerprint density at radius 3 is 2.58 bits per heavy atom. The zero-order chi connectivity index (χ0) is 8.81. The molecule has 1 rings (SSSR count). The summed E-state index contributed by atoms with van der Waals surface area (Å²) in [4.78, 5) is 0. The molecule has 1 atom stereocenters. The van der Waals surface area contributed by atoms with E-state index in [0.717, 1.165) is 12.3 Å². The maximum absolute atomic E-state index is 10.5. The largest absolute Gasteiger partial charge is 0.350 e. The van der Waals surface area contributed by atoms with Crippen LogP contribution in [0.2, 0.25) is 0 Å². The summed E-state index contributed by atoms with van der Waals surface area (Å²) in [7, 11) is 0. The highest BCUT2D eigenvalue weighted by atomic mass is 16.6. The third kappa shape index (κ3) is 4.07. The summed E-state index contributed by atoms with van der Waals surface area (Å²) in [6.45, 7) is 2.22. The topological polar surface area (TPSA) is 29.1 Å². The van der Waals surface area contributed by atoms with Crippen molar-refractivity contribution in [2.24, 2.45) is 5.92 Å². The molecule has 1 radical (unpaired) electrons. The van der Waals surface area contributed by atoms with Gasteiger partial charge >= 0.3 is 0 Å². The average Bonchev–Trinajstić information content (AvgIpc) is 2.05. The van der Waals surface area contributed by atoms with Gasteiger partial charge in [0, 0.05) is 0 Å². The van der Waals surface area contributed by atoms with Gasteiger partial charge in [-0.3, -0.25) is 0 Å². The summed E-state index contributed by atoms with van der Waals surface area (Å²) in [6, 6.07) is 0. The molecular formula is C10H19O2. The smallest absolute Gasteiger partial charge is 0.188 e. The first kappa shape index (κ1) is 10.0. The van der Waals surface area contributed by atoms with Gasteiger partial charge in [0.2, 0.25) is 0 Å². The van der Waals surface area contributed by atoms with Crippen LogP contribution in [0.15, 0.2) is 0 Å². The lowest BCUT2D eigenvalue weighted by molar-refractivity contribution is -0.129. The van der Waals surface area contributed by atoms with Gasteiger partial charge in [0.1, 0.15) is 0 Å². The second kappa shape index (κ2) is 5.55. The Labute approximate surface area is 74.9 Å². The molecule has 0 aliphatic heterocycles. The van der Waals surface area contributed by atoms with E-state index in [2.05, 4.69) is 0 Å². The van der Waals surface area contributed by atoms with Crippen LogP contribution < -0.4 is 0 Å². The molecule has 0 aromatic carbocycles. The number of hydrogen-bond donors (Lipinski definition) is 0. The molecule has 2 heteroatoms. The summed E-state index contributed by atoms with van der Waals surface area (Å²) >= 11 is 0. The summed E-state index contributed by atoms with van der Waals surface area (Å²) in [5, 5.41) is 10.5. The summed E-state index contributed by atoms with van der Waals surface area (Å²) in [5.74, 6) is 0.831. The van der Waals surface area contributed by atoms with Crippen molar-refractivity contribution in [1.29, 1.82) is 0 Å². The molecule has 2 nitrogen and oxygen atoms in total. The molecule has 1 aliphatic carbocycles. The van der Waals surface area contributed by atoms with Gasteiger partial charge in [-0.15, -0.1) is 0 Å². The average molecular weight is 171 g/mol. The van der Waals surface area contributed by atoms with Crippen LogP contribution in [0.25, 0.3) is 0 Å². The van der Waals surface area contributed by atoms with Gasteiger partial charge in [0.25, 0.3) is 0 Å². The molecule has 12 heavy (non-hydrogen) atoms. The number of ether oxygens (including phenoxy) is 1.